The van der Waals surface area contributed by atoms with Gasteiger partial charge in [-0.15, -0.1) is 0 Å². The van der Waals surface area contributed by atoms with Gasteiger partial charge in [-0.1, -0.05) is 0 Å². The fraction of sp³-hybridized carbons (Fsp3) is 0.520. The zero-order valence-corrected chi connectivity index (χ0v) is 22.8. The number of benzene rings is 1. The van der Waals surface area contributed by atoms with Gasteiger partial charge >= 0.3 is 0 Å². The van der Waals surface area contributed by atoms with Gasteiger partial charge in [-0.25, -0.2) is 0 Å². The summed E-state index contributed by atoms with van der Waals surface area (Å²) in [5, 5.41) is 14.9. The summed E-state index contributed by atoms with van der Waals surface area (Å²) < 4.78 is 0. The summed E-state index contributed by atoms with van der Waals surface area (Å²) in [7, 11) is 1.37. The summed E-state index contributed by atoms with van der Waals surface area (Å²) in [6.07, 6.45) is 0.239. The zero-order valence-electron chi connectivity index (χ0n) is 22.8. The number of hydrogen-bond donors (Lipinski definition) is 7. The van der Waals surface area contributed by atoms with Crippen LogP contribution in [0, 0.1) is 13.8 Å². The lowest BCUT2D eigenvalue weighted by Gasteiger charge is -2.32. The summed E-state index contributed by atoms with van der Waals surface area (Å²) in [5.41, 5.74) is 23.7. The van der Waals surface area contributed by atoms with Crippen LogP contribution >= 0.6 is 0 Å². The molecule has 0 unspecified atom stereocenters. The van der Waals surface area contributed by atoms with E-state index in [0.29, 0.717) is 17.5 Å². The Balaban J connectivity index is 3.25. The molecule has 0 spiro atoms. The number of guanidine groups is 1. The van der Waals surface area contributed by atoms with Gasteiger partial charge in [-0.3, -0.25) is 29.0 Å². The van der Waals surface area contributed by atoms with Crippen molar-refractivity contribution >= 4 is 35.5 Å². The van der Waals surface area contributed by atoms with Crippen molar-refractivity contribution in [1.82, 2.24) is 15.5 Å². The number of carbonyl (C=O) groups is 5. The van der Waals surface area contributed by atoms with Crippen LogP contribution in [0.2, 0.25) is 0 Å². The third-order valence-corrected chi connectivity index (χ3v) is 6.15. The average Bonchev–Trinajstić information content (AvgIpc) is 2.81. The Hall–Kier alpha value is -4.36. The first kappa shape index (κ1) is 32.7. The number of nitrogens with two attached hydrogens (primary N) is 4. The molecule has 0 aliphatic carbocycles. The van der Waals surface area contributed by atoms with E-state index in [4.69, 9.17) is 22.9 Å². The third-order valence-electron chi connectivity index (χ3n) is 6.15. The van der Waals surface area contributed by atoms with E-state index in [1.807, 2.05) is 0 Å². The summed E-state index contributed by atoms with van der Waals surface area (Å²) in [6.45, 7) is 4.91. The minimum absolute atomic E-state index is 0.0600. The van der Waals surface area contributed by atoms with E-state index in [1.165, 1.54) is 26.1 Å². The number of phenolic OH excluding ortho intramolecular Hbond substituents is 1. The molecular formula is C25H40N8O6. The number of phenols is 1. The van der Waals surface area contributed by atoms with Crippen molar-refractivity contribution in [1.29, 1.82) is 0 Å². The number of amides is 5. The topological polar surface area (TPSA) is 249 Å². The molecule has 0 fully saturated rings. The Morgan fingerprint density at radius 1 is 0.974 bits per heavy atom. The van der Waals surface area contributed by atoms with Gasteiger partial charge in [0.1, 0.15) is 23.9 Å². The van der Waals surface area contributed by atoms with Crippen molar-refractivity contribution in [2.45, 2.75) is 71.0 Å². The standard InChI is InChI=1S/C25H40N8O6/c1-13-10-16(35)11-14(2)17(13)12-19(22(27)37)32-23(38)20(6-5-9-30-25(28)29)33(4)24(39)18(31-15(3)34)7-8-21(26)36/h10-11,18-20,35H,5-9,12H2,1-4H3,(H2,26,36)(H2,27,37)(H,31,34)(H,32,38)(H4,28,29,30)/t18-,19-,20-/m0/s1. The molecule has 0 radical (unpaired) electrons. The van der Waals surface area contributed by atoms with Gasteiger partial charge in [0.2, 0.25) is 29.5 Å². The second-order valence-corrected chi connectivity index (χ2v) is 9.40. The van der Waals surface area contributed by atoms with Crippen molar-refractivity contribution in [3.63, 3.8) is 0 Å². The molecule has 0 aromatic heterocycles. The van der Waals surface area contributed by atoms with E-state index in [-0.39, 0.29) is 43.9 Å². The molecule has 0 saturated carbocycles. The molecule has 0 bridgehead atoms. The number of likely N-dealkylation sites (N-methyl/N-ethyl adjacent to an activating group) is 1. The highest BCUT2D eigenvalue weighted by Crippen LogP contribution is 2.22. The smallest absolute Gasteiger partial charge is 0.245 e. The number of carbonyl (C=O) groups excluding carboxylic acids is 5. The predicted octanol–water partition coefficient (Wildman–Crippen LogP) is -1.83. The molecule has 11 N–H and O–H groups in total. The van der Waals surface area contributed by atoms with Crippen LogP contribution in [0.1, 0.15) is 49.3 Å². The van der Waals surface area contributed by atoms with Crippen LogP contribution in [0.25, 0.3) is 0 Å². The molecule has 1 rings (SSSR count). The largest absolute Gasteiger partial charge is 0.508 e. The lowest BCUT2D eigenvalue weighted by molar-refractivity contribution is -0.142. The Bertz CT molecular complexity index is 1080. The third kappa shape index (κ3) is 10.9. The first-order valence-electron chi connectivity index (χ1n) is 12.4. The molecular weight excluding hydrogens is 508 g/mol. The van der Waals surface area contributed by atoms with Crippen LogP contribution in [-0.4, -0.2) is 77.2 Å². The fourth-order valence-electron chi connectivity index (χ4n) is 4.17. The first-order valence-corrected chi connectivity index (χ1v) is 12.4. The van der Waals surface area contributed by atoms with E-state index in [2.05, 4.69) is 15.6 Å². The van der Waals surface area contributed by atoms with Crippen LogP contribution in [0.5, 0.6) is 5.75 Å². The number of hydrogen-bond acceptors (Lipinski definition) is 7. The molecule has 3 atom stereocenters. The van der Waals surface area contributed by atoms with Gasteiger partial charge < -0.3 is 43.6 Å². The second kappa shape index (κ2) is 15.1. The van der Waals surface area contributed by atoms with Crippen molar-refractivity contribution in [2.24, 2.45) is 27.9 Å². The monoisotopic (exact) mass is 548 g/mol. The number of aromatic hydroxyl groups is 1. The summed E-state index contributed by atoms with van der Waals surface area (Å²) >= 11 is 0. The van der Waals surface area contributed by atoms with Gasteiger partial charge in [-0.05, 0) is 61.9 Å². The van der Waals surface area contributed by atoms with Crippen LogP contribution in [0.15, 0.2) is 17.1 Å². The molecule has 0 saturated heterocycles. The average molecular weight is 549 g/mol. The van der Waals surface area contributed by atoms with Crippen molar-refractivity contribution < 1.29 is 29.1 Å². The van der Waals surface area contributed by atoms with Gasteiger partial charge in [0.05, 0.1) is 0 Å². The number of aliphatic imine (C=N–C) groups is 1. The SMILES string of the molecule is CC(=O)N[C@@H](CCC(N)=O)C(=O)N(C)[C@@H](CCCN=C(N)N)C(=O)N[C@@H](Cc1c(C)cc(O)cc1C)C(N)=O. The molecule has 1 aromatic carbocycles. The maximum atomic E-state index is 13.5. The summed E-state index contributed by atoms with van der Waals surface area (Å²) in [5.74, 6) is -3.31. The summed E-state index contributed by atoms with van der Waals surface area (Å²) in [6, 6.07) is -0.253. The van der Waals surface area contributed by atoms with Crippen molar-refractivity contribution in [3.8, 4) is 5.75 Å². The minimum Gasteiger partial charge on any atom is -0.508 e. The normalized spacial score (nSPS) is 12.9. The molecule has 0 aliphatic rings. The van der Waals surface area contributed by atoms with Crippen LogP contribution in [-0.2, 0) is 30.4 Å². The summed E-state index contributed by atoms with van der Waals surface area (Å²) in [4.78, 5) is 67.1. The van der Waals surface area contributed by atoms with E-state index in [9.17, 15) is 29.1 Å². The molecule has 39 heavy (non-hydrogen) atoms. The number of aryl methyl sites for hydroxylation is 2. The van der Waals surface area contributed by atoms with E-state index in [0.717, 1.165) is 10.5 Å². The van der Waals surface area contributed by atoms with Crippen molar-refractivity contribution in [3.05, 3.63) is 28.8 Å². The maximum absolute atomic E-state index is 13.5. The Kier molecular flexibility index (Phi) is 12.7. The Labute approximate surface area is 227 Å². The molecule has 14 heteroatoms. The zero-order chi connectivity index (χ0) is 29.9. The van der Waals surface area contributed by atoms with Crippen molar-refractivity contribution in [2.75, 3.05) is 13.6 Å². The minimum atomic E-state index is -1.12. The van der Waals surface area contributed by atoms with Gasteiger partial charge in [0, 0.05) is 33.4 Å². The number of rotatable bonds is 15. The van der Waals surface area contributed by atoms with Gasteiger partial charge in [0.15, 0.2) is 5.96 Å². The molecule has 5 amide bonds. The predicted molar refractivity (Wildman–Crippen MR) is 145 cm³/mol. The van der Waals surface area contributed by atoms with E-state index in [1.54, 1.807) is 13.8 Å². The Morgan fingerprint density at radius 2 is 1.56 bits per heavy atom. The highest BCUT2D eigenvalue weighted by Gasteiger charge is 2.33. The highest BCUT2D eigenvalue weighted by atomic mass is 16.3. The van der Waals surface area contributed by atoms with Crippen LogP contribution in [0.3, 0.4) is 0 Å². The quantitative estimate of drug-likeness (QED) is 0.0744. The lowest BCUT2D eigenvalue weighted by atomic mass is 9.95. The van der Waals surface area contributed by atoms with Gasteiger partial charge in [-0.2, -0.15) is 0 Å². The van der Waals surface area contributed by atoms with Gasteiger partial charge in [0.25, 0.3) is 0 Å². The molecule has 0 aliphatic heterocycles. The number of nitrogens with one attached hydrogen (secondary N) is 2. The highest BCUT2D eigenvalue weighted by molar-refractivity contribution is 5.94. The first-order chi connectivity index (χ1) is 18.1. The molecule has 216 valence electrons. The fourth-order valence-corrected chi connectivity index (χ4v) is 4.17. The van der Waals surface area contributed by atoms with E-state index < -0.39 is 47.7 Å². The molecule has 14 nitrogen and oxygen atoms in total. The number of nitrogens with zero attached hydrogens (tertiary/aromatic N) is 2. The second-order valence-electron chi connectivity index (χ2n) is 9.40. The van der Waals surface area contributed by atoms with Crippen LogP contribution < -0.4 is 33.6 Å². The Morgan fingerprint density at radius 3 is 2.05 bits per heavy atom. The lowest BCUT2D eigenvalue weighted by Crippen LogP contribution is -2.57. The van der Waals surface area contributed by atoms with E-state index >= 15 is 0 Å². The number of primary amides is 2. The maximum Gasteiger partial charge on any atom is 0.245 e. The van der Waals surface area contributed by atoms with Crippen LogP contribution in [0.4, 0.5) is 0 Å². The molecule has 1 aromatic rings. The molecule has 0 heterocycles.